The van der Waals surface area contributed by atoms with Gasteiger partial charge < -0.3 is 14.7 Å². The van der Waals surface area contributed by atoms with Crippen molar-refractivity contribution in [3.05, 3.63) is 0 Å². The van der Waals surface area contributed by atoms with Gasteiger partial charge in [0.05, 0.1) is 23.5 Å². The summed E-state index contributed by atoms with van der Waals surface area (Å²) in [6, 6.07) is 0. The van der Waals surface area contributed by atoms with Gasteiger partial charge in [-0.05, 0) is 32.6 Å². The number of carbonyl (C=O) groups excluding carboxylic acids is 1. The third-order valence-corrected chi connectivity index (χ3v) is 4.72. The number of rotatable bonds is 2. The maximum atomic E-state index is 12.4. The molecule has 4 atom stereocenters. The van der Waals surface area contributed by atoms with Crippen LogP contribution in [0.5, 0.6) is 0 Å². The molecule has 0 aromatic carbocycles. The van der Waals surface area contributed by atoms with E-state index in [2.05, 4.69) is 0 Å². The molecule has 5 nitrogen and oxygen atoms in total. The molecule has 0 aromatic rings. The highest BCUT2D eigenvalue weighted by atomic mass is 16.5. The van der Waals surface area contributed by atoms with Gasteiger partial charge in [-0.15, -0.1) is 0 Å². The third kappa shape index (κ3) is 1.72. The van der Waals surface area contributed by atoms with Crippen molar-refractivity contribution in [3.8, 4) is 0 Å². The molecule has 2 bridgehead atoms. The van der Waals surface area contributed by atoms with Crippen molar-refractivity contribution in [1.29, 1.82) is 0 Å². The Bertz CT molecular complexity index is 396. The molecule has 0 saturated carbocycles. The van der Waals surface area contributed by atoms with Gasteiger partial charge in [0.15, 0.2) is 0 Å². The highest BCUT2D eigenvalue weighted by Crippen LogP contribution is 2.41. The number of ether oxygens (including phenoxy) is 1. The summed E-state index contributed by atoms with van der Waals surface area (Å²) in [5, 5.41) is 9.18. The second-order valence-electron chi connectivity index (χ2n) is 6.09. The molecule has 3 rings (SSSR count). The number of nitrogens with zero attached hydrogens (tertiary/aromatic N) is 1. The highest BCUT2D eigenvalue weighted by Gasteiger charge is 2.49. The zero-order chi connectivity index (χ0) is 12.9. The zero-order valence-electron chi connectivity index (χ0n) is 10.6. The summed E-state index contributed by atoms with van der Waals surface area (Å²) in [4.78, 5) is 25.3. The number of fused-ring (bicyclic) bond motifs is 2. The predicted molar refractivity (Wildman–Crippen MR) is 62.9 cm³/mol. The summed E-state index contributed by atoms with van der Waals surface area (Å²) in [6.07, 6.45) is 3.77. The summed E-state index contributed by atoms with van der Waals surface area (Å²) in [5.41, 5.74) is -0.770. The van der Waals surface area contributed by atoms with Crippen molar-refractivity contribution in [2.24, 2.45) is 11.3 Å². The van der Waals surface area contributed by atoms with Crippen LogP contribution < -0.4 is 0 Å². The number of aliphatic carboxylic acids is 1. The molecule has 3 heterocycles. The van der Waals surface area contributed by atoms with Gasteiger partial charge in [0.1, 0.15) is 0 Å². The number of likely N-dealkylation sites (tertiary alicyclic amines) is 1. The van der Waals surface area contributed by atoms with Crippen LogP contribution in [0, 0.1) is 11.3 Å². The van der Waals surface area contributed by atoms with E-state index in [1.165, 1.54) is 0 Å². The summed E-state index contributed by atoms with van der Waals surface area (Å²) < 4.78 is 5.70. The molecule has 3 fully saturated rings. The van der Waals surface area contributed by atoms with Crippen molar-refractivity contribution >= 4 is 11.9 Å². The predicted octanol–water partition coefficient (Wildman–Crippen LogP) is 0.877. The lowest BCUT2D eigenvalue weighted by Gasteiger charge is -2.25. The number of carboxylic acids is 1. The first-order valence-electron chi connectivity index (χ1n) is 6.67. The van der Waals surface area contributed by atoms with Crippen molar-refractivity contribution < 1.29 is 19.4 Å². The lowest BCUT2D eigenvalue weighted by Crippen LogP contribution is -2.40. The maximum Gasteiger partial charge on any atom is 0.311 e. The van der Waals surface area contributed by atoms with E-state index in [1.807, 2.05) is 0 Å². The zero-order valence-corrected chi connectivity index (χ0v) is 10.6. The second kappa shape index (κ2) is 3.95. The molecule has 0 spiro atoms. The Morgan fingerprint density at radius 2 is 2.17 bits per heavy atom. The van der Waals surface area contributed by atoms with E-state index in [4.69, 9.17) is 4.74 Å². The van der Waals surface area contributed by atoms with Crippen LogP contribution in [0.4, 0.5) is 0 Å². The Morgan fingerprint density at radius 1 is 1.39 bits per heavy atom. The fourth-order valence-corrected chi connectivity index (χ4v) is 3.46. The SMILES string of the molecule is CC1(C(=O)O)CCN(C(=O)C2CC3CCC2O3)C1. The number of hydrogen-bond acceptors (Lipinski definition) is 3. The Hall–Kier alpha value is -1.10. The average Bonchev–Trinajstić information content (AvgIpc) is 3.02. The van der Waals surface area contributed by atoms with E-state index in [-0.39, 0.29) is 24.0 Å². The topological polar surface area (TPSA) is 66.8 Å². The van der Waals surface area contributed by atoms with Gasteiger partial charge in [0, 0.05) is 13.1 Å². The first-order chi connectivity index (χ1) is 8.49. The molecule has 0 radical (unpaired) electrons. The van der Waals surface area contributed by atoms with E-state index in [0.717, 1.165) is 19.3 Å². The summed E-state index contributed by atoms with van der Waals surface area (Å²) >= 11 is 0. The van der Waals surface area contributed by atoms with Crippen LogP contribution in [0.2, 0.25) is 0 Å². The third-order valence-electron chi connectivity index (χ3n) is 4.72. The minimum absolute atomic E-state index is 0.0279. The number of hydrogen-bond donors (Lipinski definition) is 1. The fraction of sp³-hybridized carbons (Fsp3) is 0.846. The Kier molecular flexibility index (Phi) is 2.62. The fourth-order valence-electron chi connectivity index (χ4n) is 3.46. The van der Waals surface area contributed by atoms with Gasteiger partial charge in [-0.1, -0.05) is 0 Å². The normalized spacial score (nSPS) is 42.5. The molecule has 100 valence electrons. The number of carboxylic acid groups (broad SMARTS) is 1. The van der Waals surface area contributed by atoms with Crippen LogP contribution in [0.15, 0.2) is 0 Å². The summed E-state index contributed by atoms with van der Waals surface area (Å²) in [6.45, 7) is 2.63. The van der Waals surface area contributed by atoms with Gasteiger partial charge >= 0.3 is 5.97 Å². The van der Waals surface area contributed by atoms with E-state index in [9.17, 15) is 14.7 Å². The van der Waals surface area contributed by atoms with E-state index in [1.54, 1.807) is 11.8 Å². The molecule has 0 aromatic heterocycles. The lowest BCUT2D eigenvalue weighted by molar-refractivity contribution is -0.147. The monoisotopic (exact) mass is 253 g/mol. The molecule has 4 unspecified atom stereocenters. The van der Waals surface area contributed by atoms with E-state index < -0.39 is 11.4 Å². The van der Waals surface area contributed by atoms with Crippen molar-refractivity contribution in [2.75, 3.05) is 13.1 Å². The van der Waals surface area contributed by atoms with Gasteiger partial charge in [-0.25, -0.2) is 0 Å². The van der Waals surface area contributed by atoms with Crippen molar-refractivity contribution in [2.45, 2.75) is 44.8 Å². The van der Waals surface area contributed by atoms with Crippen LogP contribution in [-0.4, -0.2) is 47.2 Å². The summed E-state index contributed by atoms with van der Waals surface area (Å²) in [7, 11) is 0. The molecule has 18 heavy (non-hydrogen) atoms. The molecule has 1 amide bonds. The van der Waals surface area contributed by atoms with Gasteiger partial charge in [0.25, 0.3) is 0 Å². The number of carbonyl (C=O) groups is 2. The molecular weight excluding hydrogens is 234 g/mol. The van der Waals surface area contributed by atoms with Gasteiger partial charge in [-0.3, -0.25) is 9.59 Å². The van der Waals surface area contributed by atoms with Crippen molar-refractivity contribution in [3.63, 3.8) is 0 Å². The molecule has 3 saturated heterocycles. The highest BCUT2D eigenvalue weighted by molar-refractivity contribution is 5.82. The Morgan fingerprint density at radius 3 is 2.67 bits per heavy atom. The molecule has 5 heteroatoms. The largest absolute Gasteiger partial charge is 0.481 e. The molecule has 3 aliphatic heterocycles. The Labute approximate surface area is 106 Å². The molecule has 0 aliphatic carbocycles. The maximum absolute atomic E-state index is 12.4. The number of amides is 1. The van der Waals surface area contributed by atoms with Crippen LogP contribution in [-0.2, 0) is 14.3 Å². The van der Waals surface area contributed by atoms with Crippen LogP contribution in [0.3, 0.4) is 0 Å². The van der Waals surface area contributed by atoms with Crippen LogP contribution in [0.1, 0.15) is 32.6 Å². The van der Waals surface area contributed by atoms with Gasteiger partial charge in [-0.2, -0.15) is 0 Å². The van der Waals surface area contributed by atoms with Crippen LogP contribution >= 0.6 is 0 Å². The first kappa shape index (κ1) is 12.0. The minimum atomic E-state index is -0.804. The average molecular weight is 253 g/mol. The first-order valence-corrected chi connectivity index (χ1v) is 6.67. The van der Waals surface area contributed by atoms with Crippen molar-refractivity contribution in [1.82, 2.24) is 4.90 Å². The van der Waals surface area contributed by atoms with E-state index in [0.29, 0.717) is 19.5 Å². The van der Waals surface area contributed by atoms with E-state index >= 15 is 0 Å². The quantitative estimate of drug-likeness (QED) is 0.793. The van der Waals surface area contributed by atoms with Gasteiger partial charge in [0.2, 0.25) is 5.91 Å². The lowest BCUT2D eigenvalue weighted by atomic mass is 9.88. The molecule has 1 N–H and O–H groups in total. The smallest absolute Gasteiger partial charge is 0.311 e. The summed E-state index contributed by atoms with van der Waals surface area (Å²) in [5.74, 6) is -0.728. The Balaban J connectivity index is 1.66. The van der Waals surface area contributed by atoms with Crippen LogP contribution in [0.25, 0.3) is 0 Å². The molecule has 3 aliphatic rings. The molecular formula is C13H19NO4. The second-order valence-corrected chi connectivity index (χ2v) is 6.09. The standard InChI is InChI=1S/C13H19NO4/c1-13(12(16)17)4-5-14(7-13)11(15)9-6-8-2-3-10(9)18-8/h8-10H,2-7H2,1H3,(H,16,17). The minimum Gasteiger partial charge on any atom is -0.481 e.